The standard InChI is InChI=1S/C17H21N3O5S2/c1-10-15(26-12(3)18-10)17(22)25-11(2)16(21)19-13-7-6-8-14(9-13)27(23,24)20(4)5/h6-9,11H,1-5H3,(H,19,21)/t11-/m1/s1. The van der Waals surface area contributed by atoms with Gasteiger partial charge >= 0.3 is 5.97 Å². The maximum absolute atomic E-state index is 12.3. The second-order valence-corrected chi connectivity index (χ2v) is 9.35. The molecule has 2 aromatic rings. The Morgan fingerprint density at radius 1 is 1.26 bits per heavy atom. The van der Waals surface area contributed by atoms with E-state index in [4.69, 9.17) is 4.74 Å². The van der Waals surface area contributed by atoms with Gasteiger partial charge in [0.1, 0.15) is 4.88 Å². The molecule has 0 bridgehead atoms. The average Bonchev–Trinajstić information content (AvgIpc) is 2.93. The van der Waals surface area contributed by atoms with Crippen LogP contribution in [-0.4, -0.2) is 49.8 Å². The molecule has 0 aliphatic carbocycles. The lowest BCUT2D eigenvalue weighted by molar-refractivity contribution is -0.123. The molecule has 0 aliphatic rings. The number of sulfonamides is 1. The number of aryl methyl sites for hydroxylation is 2. The summed E-state index contributed by atoms with van der Waals surface area (Å²) in [6.45, 7) is 4.91. The number of benzene rings is 1. The topological polar surface area (TPSA) is 106 Å². The van der Waals surface area contributed by atoms with Gasteiger partial charge in [0.05, 0.1) is 15.6 Å². The number of nitrogens with zero attached hydrogens (tertiary/aromatic N) is 2. The summed E-state index contributed by atoms with van der Waals surface area (Å²) in [5.74, 6) is -1.19. The number of thiazole rings is 1. The fourth-order valence-corrected chi connectivity index (χ4v) is 3.93. The van der Waals surface area contributed by atoms with Crippen LogP contribution in [-0.2, 0) is 19.6 Å². The molecule has 0 saturated carbocycles. The highest BCUT2D eigenvalue weighted by Crippen LogP contribution is 2.20. The lowest BCUT2D eigenvalue weighted by atomic mass is 10.3. The molecule has 1 heterocycles. The van der Waals surface area contributed by atoms with Crippen LogP contribution in [0.2, 0.25) is 0 Å². The SMILES string of the molecule is Cc1nc(C)c(C(=O)O[C@H](C)C(=O)Nc2cccc(S(=O)(=O)N(C)C)c2)s1. The third-order valence-electron chi connectivity index (χ3n) is 3.62. The number of amides is 1. The Morgan fingerprint density at radius 2 is 1.93 bits per heavy atom. The maximum atomic E-state index is 12.3. The van der Waals surface area contributed by atoms with Crippen LogP contribution in [0.4, 0.5) is 5.69 Å². The van der Waals surface area contributed by atoms with Gasteiger partial charge in [-0.2, -0.15) is 0 Å². The van der Waals surface area contributed by atoms with Gasteiger partial charge in [0.25, 0.3) is 5.91 Å². The minimum Gasteiger partial charge on any atom is -0.448 e. The summed E-state index contributed by atoms with van der Waals surface area (Å²) < 4.78 is 30.6. The molecule has 0 radical (unpaired) electrons. The number of rotatable bonds is 6. The highest BCUT2D eigenvalue weighted by Gasteiger charge is 2.23. The Labute approximate surface area is 162 Å². The van der Waals surface area contributed by atoms with Gasteiger partial charge < -0.3 is 10.1 Å². The summed E-state index contributed by atoms with van der Waals surface area (Å²) in [5, 5.41) is 3.29. The quantitative estimate of drug-likeness (QED) is 0.731. The normalized spacial score (nSPS) is 12.7. The molecule has 1 atom stereocenters. The van der Waals surface area contributed by atoms with Crippen molar-refractivity contribution in [2.45, 2.75) is 31.8 Å². The fraction of sp³-hybridized carbons (Fsp3) is 0.353. The molecule has 0 spiro atoms. The first kappa shape index (κ1) is 21.0. The molecule has 0 aliphatic heterocycles. The Morgan fingerprint density at radius 3 is 2.48 bits per heavy atom. The minimum atomic E-state index is -3.62. The zero-order chi connectivity index (χ0) is 20.4. The van der Waals surface area contributed by atoms with Crippen LogP contribution in [0.25, 0.3) is 0 Å². The highest BCUT2D eigenvalue weighted by molar-refractivity contribution is 7.89. The molecule has 1 aromatic heterocycles. The first-order valence-electron chi connectivity index (χ1n) is 8.01. The fourth-order valence-electron chi connectivity index (χ4n) is 2.18. The Kier molecular flexibility index (Phi) is 6.34. The van der Waals surface area contributed by atoms with Crippen molar-refractivity contribution in [2.75, 3.05) is 19.4 Å². The summed E-state index contributed by atoms with van der Waals surface area (Å²) in [5.41, 5.74) is 0.840. The molecule has 0 unspecified atom stereocenters. The molecule has 0 saturated heterocycles. The maximum Gasteiger partial charge on any atom is 0.351 e. The zero-order valence-electron chi connectivity index (χ0n) is 15.6. The van der Waals surface area contributed by atoms with E-state index in [0.717, 1.165) is 9.31 Å². The molecule has 1 amide bonds. The minimum absolute atomic E-state index is 0.0470. The smallest absolute Gasteiger partial charge is 0.351 e. The van der Waals surface area contributed by atoms with Crippen molar-refractivity contribution in [3.05, 3.63) is 39.8 Å². The van der Waals surface area contributed by atoms with Crippen molar-refractivity contribution in [3.8, 4) is 0 Å². The van der Waals surface area contributed by atoms with Gasteiger partial charge in [-0.05, 0) is 39.0 Å². The summed E-state index contributed by atoms with van der Waals surface area (Å²) in [6, 6.07) is 5.85. The monoisotopic (exact) mass is 411 g/mol. The van der Waals surface area contributed by atoms with Gasteiger partial charge in [0.2, 0.25) is 10.0 Å². The van der Waals surface area contributed by atoms with Crippen LogP contribution in [0.3, 0.4) is 0 Å². The van der Waals surface area contributed by atoms with E-state index >= 15 is 0 Å². The van der Waals surface area contributed by atoms with E-state index in [1.165, 1.54) is 50.6 Å². The molecule has 10 heteroatoms. The highest BCUT2D eigenvalue weighted by atomic mass is 32.2. The number of hydrogen-bond acceptors (Lipinski definition) is 7. The van der Waals surface area contributed by atoms with Gasteiger partial charge in [-0.25, -0.2) is 22.5 Å². The first-order valence-corrected chi connectivity index (χ1v) is 10.3. The van der Waals surface area contributed by atoms with Gasteiger partial charge in [-0.3, -0.25) is 4.79 Å². The Hall–Kier alpha value is -2.30. The van der Waals surface area contributed by atoms with E-state index < -0.39 is 28.0 Å². The molecule has 8 nitrogen and oxygen atoms in total. The summed E-state index contributed by atoms with van der Waals surface area (Å²) in [6.07, 6.45) is -1.06. The molecule has 1 aromatic carbocycles. The molecular weight excluding hydrogens is 390 g/mol. The van der Waals surface area contributed by atoms with Crippen LogP contribution in [0.5, 0.6) is 0 Å². The van der Waals surface area contributed by atoms with Gasteiger partial charge in [-0.15, -0.1) is 11.3 Å². The molecular formula is C17H21N3O5S2. The second kappa shape index (κ2) is 8.15. The lowest BCUT2D eigenvalue weighted by Gasteiger charge is -2.15. The van der Waals surface area contributed by atoms with Crippen molar-refractivity contribution in [2.24, 2.45) is 0 Å². The van der Waals surface area contributed by atoms with Crippen molar-refractivity contribution in [1.82, 2.24) is 9.29 Å². The lowest BCUT2D eigenvalue weighted by Crippen LogP contribution is -2.30. The van der Waals surface area contributed by atoms with Gasteiger partial charge in [-0.1, -0.05) is 6.07 Å². The largest absolute Gasteiger partial charge is 0.448 e. The summed E-state index contributed by atoms with van der Waals surface area (Å²) in [4.78, 5) is 29.0. The number of nitrogens with one attached hydrogen (secondary N) is 1. The number of hydrogen-bond donors (Lipinski definition) is 1. The number of aromatic nitrogens is 1. The zero-order valence-corrected chi connectivity index (χ0v) is 17.3. The summed E-state index contributed by atoms with van der Waals surface area (Å²) >= 11 is 1.20. The van der Waals surface area contributed by atoms with E-state index in [9.17, 15) is 18.0 Å². The molecule has 2 rings (SSSR count). The number of carbonyl (C=O) groups excluding carboxylic acids is 2. The van der Waals surface area contributed by atoms with E-state index in [2.05, 4.69) is 10.3 Å². The molecule has 1 N–H and O–H groups in total. The number of carbonyl (C=O) groups is 2. The molecule has 0 fully saturated rings. The molecule has 27 heavy (non-hydrogen) atoms. The predicted octanol–water partition coefficient (Wildman–Crippen LogP) is 2.19. The van der Waals surface area contributed by atoms with Crippen LogP contribution in [0.1, 0.15) is 27.3 Å². The first-order chi connectivity index (χ1) is 12.5. The van der Waals surface area contributed by atoms with Crippen LogP contribution in [0, 0.1) is 13.8 Å². The third kappa shape index (κ3) is 4.90. The predicted molar refractivity (Wildman–Crippen MR) is 102 cm³/mol. The van der Waals surface area contributed by atoms with Gasteiger partial charge in [0.15, 0.2) is 6.10 Å². The van der Waals surface area contributed by atoms with Crippen molar-refractivity contribution < 1.29 is 22.7 Å². The summed E-state index contributed by atoms with van der Waals surface area (Å²) in [7, 11) is -0.778. The number of esters is 1. The Balaban J connectivity index is 2.08. The van der Waals surface area contributed by atoms with E-state index in [1.54, 1.807) is 19.9 Å². The Bertz CT molecular complexity index is 967. The van der Waals surface area contributed by atoms with E-state index in [1.807, 2.05) is 0 Å². The van der Waals surface area contributed by atoms with Crippen molar-refractivity contribution in [3.63, 3.8) is 0 Å². The average molecular weight is 412 g/mol. The van der Waals surface area contributed by atoms with Crippen LogP contribution in [0.15, 0.2) is 29.2 Å². The van der Waals surface area contributed by atoms with Crippen LogP contribution < -0.4 is 5.32 Å². The van der Waals surface area contributed by atoms with Gasteiger partial charge in [0, 0.05) is 19.8 Å². The van der Waals surface area contributed by atoms with Crippen molar-refractivity contribution in [1.29, 1.82) is 0 Å². The second-order valence-electron chi connectivity index (χ2n) is 6.00. The van der Waals surface area contributed by atoms with E-state index in [-0.39, 0.29) is 10.6 Å². The third-order valence-corrected chi connectivity index (χ3v) is 6.49. The van der Waals surface area contributed by atoms with E-state index in [0.29, 0.717) is 10.6 Å². The van der Waals surface area contributed by atoms with Crippen LogP contribution >= 0.6 is 11.3 Å². The van der Waals surface area contributed by atoms with Crippen molar-refractivity contribution >= 4 is 38.9 Å². The number of anilines is 1. The molecule has 146 valence electrons. The number of ether oxygens (including phenoxy) is 1.